The Kier molecular flexibility index (Phi) is 11.9. The summed E-state index contributed by atoms with van der Waals surface area (Å²) < 4.78 is 11.5. The highest BCUT2D eigenvalue weighted by molar-refractivity contribution is 5.90. The lowest BCUT2D eigenvalue weighted by molar-refractivity contribution is -0.000881. The average molecular weight is 467 g/mol. The van der Waals surface area contributed by atoms with Gasteiger partial charge in [-0.05, 0) is 80.3 Å². The molecule has 34 heavy (non-hydrogen) atoms. The fourth-order valence-corrected chi connectivity index (χ4v) is 3.98. The molecule has 0 bridgehead atoms. The molecule has 0 N–H and O–H groups in total. The Bertz CT molecular complexity index is 868. The zero-order valence-corrected chi connectivity index (χ0v) is 21.6. The number of esters is 2. The molecule has 0 saturated carbocycles. The van der Waals surface area contributed by atoms with E-state index in [1.807, 2.05) is 55.5 Å². The largest absolute Gasteiger partial charge is 0.459 e. The number of rotatable bonds is 14. The van der Waals surface area contributed by atoms with E-state index in [0.29, 0.717) is 29.9 Å². The minimum absolute atomic E-state index is 0.313. The van der Waals surface area contributed by atoms with Crippen molar-refractivity contribution in [3.63, 3.8) is 0 Å². The molecule has 0 aliphatic rings. The van der Waals surface area contributed by atoms with Gasteiger partial charge in [0.25, 0.3) is 0 Å². The number of hydrogen-bond acceptors (Lipinski definition) is 4. The zero-order valence-electron chi connectivity index (χ0n) is 21.6. The Hall–Kier alpha value is -2.62. The SMILES string of the molecule is CCCCc1ccc(C(=O)O[C@@H](CC(C)C)C[C@@H](C)OC(=O)c2ccc(CCCC)cc2)cc1. The smallest absolute Gasteiger partial charge is 0.338 e. The molecule has 0 spiro atoms. The van der Waals surface area contributed by atoms with Gasteiger partial charge in [0.2, 0.25) is 0 Å². The van der Waals surface area contributed by atoms with Crippen molar-refractivity contribution < 1.29 is 19.1 Å². The highest BCUT2D eigenvalue weighted by atomic mass is 16.6. The van der Waals surface area contributed by atoms with E-state index in [0.717, 1.165) is 38.5 Å². The van der Waals surface area contributed by atoms with Gasteiger partial charge >= 0.3 is 11.9 Å². The topological polar surface area (TPSA) is 52.6 Å². The Morgan fingerprint density at radius 2 is 1.12 bits per heavy atom. The highest BCUT2D eigenvalue weighted by Crippen LogP contribution is 2.19. The molecule has 0 heterocycles. The van der Waals surface area contributed by atoms with Gasteiger partial charge in [-0.1, -0.05) is 64.8 Å². The fraction of sp³-hybridized carbons (Fsp3) is 0.533. The predicted molar refractivity (Wildman–Crippen MR) is 138 cm³/mol. The van der Waals surface area contributed by atoms with Crippen LogP contribution in [0.3, 0.4) is 0 Å². The van der Waals surface area contributed by atoms with Crippen molar-refractivity contribution in [2.24, 2.45) is 5.92 Å². The van der Waals surface area contributed by atoms with Gasteiger partial charge in [0.05, 0.1) is 11.1 Å². The lowest BCUT2D eigenvalue weighted by Crippen LogP contribution is -2.27. The molecule has 2 aromatic rings. The highest BCUT2D eigenvalue weighted by Gasteiger charge is 2.22. The summed E-state index contributed by atoms with van der Waals surface area (Å²) in [5.74, 6) is -0.312. The van der Waals surface area contributed by atoms with Gasteiger partial charge in [0.15, 0.2) is 0 Å². The Balaban J connectivity index is 1.94. The second-order valence-corrected chi connectivity index (χ2v) is 9.71. The Labute approximate surface area is 206 Å². The second-order valence-electron chi connectivity index (χ2n) is 9.71. The standard InChI is InChI=1S/C30H42O4/c1-6-8-10-24-12-16-26(17-13-24)29(31)33-23(5)21-28(20-22(3)4)34-30(32)27-18-14-25(15-19-27)11-9-7-2/h12-19,22-23,28H,6-11,20-21H2,1-5H3/t23-,28+/m1/s1. The van der Waals surface area contributed by atoms with E-state index in [1.54, 1.807) is 0 Å². The molecule has 0 amide bonds. The van der Waals surface area contributed by atoms with Crippen molar-refractivity contribution in [2.45, 2.75) is 98.2 Å². The van der Waals surface area contributed by atoms with Gasteiger partial charge in [0.1, 0.15) is 12.2 Å². The average Bonchev–Trinajstić information content (AvgIpc) is 2.81. The first kappa shape index (κ1) is 27.6. The second kappa shape index (κ2) is 14.6. The first-order valence-corrected chi connectivity index (χ1v) is 12.9. The summed E-state index contributed by atoms with van der Waals surface area (Å²) in [6.07, 6.45) is 7.12. The number of ether oxygens (including phenoxy) is 2. The lowest BCUT2D eigenvalue weighted by Gasteiger charge is -2.23. The van der Waals surface area contributed by atoms with Gasteiger partial charge < -0.3 is 9.47 Å². The number of unbranched alkanes of at least 4 members (excludes halogenated alkanes) is 2. The van der Waals surface area contributed by atoms with Crippen LogP contribution in [0, 0.1) is 5.92 Å². The normalized spacial score (nSPS) is 12.9. The maximum Gasteiger partial charge on any atom is 0.338 e. The molecule has 0 unspecified atom stereocenters. The third-order valence-electron chi connectivity index (χ3n) is 5.93. The van der Waals surface area contributed by atoms with E-state index in [4.69, 9.17) is 9.47 Å². The van der Waals surface area contributed by atoms with Crippen LogP contribution in [0.15, 0.2) is 48.5 Å². The number of hydrogen-bond donors (Lipinski definition) is 0. The van der Waals surface area contributed by atoms with Crippen LogP contribution in [0.4, 0.5) is 0 Å². The monoisotopic (exact) mass is 466 g/mol. The molecule has 0 aliphatic heterocycles. The van der Waals surface area contributed by atoms with Crippen molar-refractivity contribution in [3.8, 4) is 0 Å². The summed E-state index contributed by atoms with van der Waals surface area (Å²) in [6, 6.07) is 15.3. The summed E-state index contributed by atoms with van der Waals surface area (Å²) in [7, 11) is 0. The Morgan fingerprint density at radius 1 is 0.676 bits per heavy atom. The number of aryl methyl sites for hydroxylation is 2. The van der Waals surface area contributed by atoms with E-state index >= 15 is 0 Å². The molecule has 0 fully saturated rings. The summed E-state index contributed by atoms with van der Waals surface area (Å²) in [4.78, 5) is 25.4. The molecule has 0 radical (unpaired) electrons. The third kappa shape index (κ3) is 9.70. The fourth-order valence-electron chi connectivity index (χ4n) is 3.98. The van der Waals surface area contributed by atoms with E-state index in [-0.39, 0.29) is 24.1 Å². The van der Waals surface area contributed by atoms with E-state index in [9.17, 15) is 9.59 Å². The van der Waals surface area contributed by atoms with Crippen molar-refractivity contribution in [1.82, 2.24) is 0 Å². The summed E-state index contributed by atoms with van der Waals surface area (Å²) in [5, 5.41) is 0. The van der Waals surface area contributed by atoms with Crippen molar-refractivity contribution >= 4 is 11.9 Å². The molecule has 2 atom stereocenters. The predicted octanol–water partition coefficient (Wildman–Crippen LogP) is 7.58. The van der Waals surface area contributed by atoms with Crippen LogP contribution < -0.4 is 0 Å². The summed E-state index contributed by atoms with van der Waals surface area (Å²) in [5.41, 5.74) is 3.57. The Morgan fingerprint density at radius 3 is 1.53 bits per heavy atom. The molecule has 4 nitrogen and oxygen atoms in total. The van der Waals surface area contributed by atoms with Crippen LogP contribution >= 0.6 is 0 Å². The minimum atomic E-state index is -0.361. The molecule has 186 valence electrons. The molecule has 2 aromatic carbocycles. The van der Waals surface area contributed by atoms with E-state index in [2.05, 4.69) is 27.7 Å². The van der Waals surface area contributed by atoms with Gasteiger partial charge in [-0.3, -0.25) is 0 Å². The first-order chi connectivity index (χ1) is 16.3. The van der Waals surface area contributed by atoms with Gasteiger partial charge in [-0.15, -0.1) is 0 Å². The maximum absolute atomic E-state index is 12.8. The van der Waals surface area contributed by atoms with Crippen molar-refractivity contribution in [2.75, 3.05) is 0 Å². The van der Waals surface area contributed by atoms with Crippen molar-refractivity contribution in [1.29, 1.82) is 0 Å². The van der Waals surface area contributed by atoms with Crippen LogP contribution in [0.5, 0.6) is 0 Å². The third-order valence-corrected chi connectivity index (χ3v) is 5.93. The summed E-state index contributed by atoms with van der Waals surface area (Å²) >= 11 is 0. The molecule has 0 aromatic heterocycles. The summed E-state index contributed by atoms with van der Waals surface area (Å²) in [6.45, 7) is 10.4. The van der Waals surface area contributed by atoms with Gasteiger partial charge in [0, 0.05) is 6.42 Å². The van der Waals surface area contributed by atoms with Crippen molar-refractivity contribution in [3.05, 3.63) is 70.8 Å². The number of benzene rings is 2. The molecule has 0 aliphatic carbocycles. The minimum Gasteiger partial charge on any atom is -0.459 e. The zero-order chi connectivity index (χ0) is 24.9. The van der Waals surface area contributed by atoms with Gasteiger partial charge in [-0.25, -0.2) is 9.59 Å². The van der Waals surface area contributed by atoms with Gasteiger partial charge in [-0.2, -0.15) is 0 Å². The molecule has 2 rings (SSSR count). The van der Waals surface area contributed by atoms with Crippen LogP contribution in [-0.2, 0) is 22.3 Å². The molecular weight excluding hydrogens is 424 g/mol. The molecule has 0 saturated heterocycles. The van der Waals surface area contributed by atoms with E-state index < -0.39 is 0 Å². The van der Waals surface area contributed by atoms with E-state index in [1.165, 1.54) is 11.1 Å². The molecule has 4 heteroatoms. The van der Waals surface area contributed by atoms with Crippen LogP contribution in [0.25, 0.3) is 0 Å². The quantitative estimate of drug-likeness (QED) is 0.269. The first-order valence-electron chi connectivity index (χ1n) is 12.9. The van der Waals surface area contributed by atoms with Crippen LogP contribution in [0.2, 0.25) is 0 Å². The van der Waals surface area contributed by atoms with Crippen LogP contribution in [0.1, 0.15) is 105 Å². The molecular formula is C30H42O4. The number of carbonyl (C=O) groups is 2. The number of carbonyl (C=O) groups excluding carboxylic acids is 2. The van der Waals surface area contributed by atoms with Crippen LogP contribution in [-0.4, -0.2) is 24.1 Å². The maximum atomic E-state index is 12.8. The lowest BCUT2D eigenvalue weighted by atomic mass is 10.0.